The molecule has 2 amide bonds. The van der Waals surface area contributed by atoms with Crippen LogP contribution in [0.4, 0.5) is 11.4 Å². The lowest BCUT2D eigenvalue weighted by molar-refractivity contribution is -0.385. The minimum Gasteiger partial charge on any atom is -0.318 e. The maximum atomic E-state index is 11.8. The number of benzene rings is 2. The Morgan fingerprint density at radius 1 is 1.15 bits per heavy atom. The van der Waals surface area contributed by atoms with Gasteiger partial charge >= 0.3 is 11.8 Å². The Labute approximate surface area is 148 Å². The zero-order chi connectivity index (χ0) is 18.9. The fraction of sp³-hybridized carbons (Fsp3) is 0.0588. The number of rotatable bonds is 5. The van der Waals surface area contributed by atoms with E-state index in [0.29, 0.717) is 5.69 Å². The van der Waals surface area contributed by atoms with Crippen molar-refractivity contribution in [2.45, 2.75) is 6.42 Å². The molecule has 0 saturated carbocycles. The summed E-state index contributed by atoms with van der Waals surface area (Å²) in [6.45, 7) is 0. The molecule has 0 unspecified atom stereocenters. The van der Waals surface area contributed by atoms with Crippen LogP contribution < -0.4 is 10.7 Å². The van der Waals surface area contributed by atoms with Gasteiger partial charge in [-0.3, -0.25) is 19.7 Å². The van der Waals surface area contributed by atoms with Crippen LogP contribution in [0, 0.1) is 21.4 Å². The van der Waals surface area contributed by atoms with E-state index >= 15 is 0 Å². The topological polar surface area (TPSA) is 137 Å². The molecule has 0 spiro atoms. The molecule has 2 aromatic rings. The molecule has 0 aromatic heterocycles. The standard InChI is InChI=1S/C17H13N5O4/c18-10-9-12-5-7-14(8-6-12)20-16(23)17(24)21-19-11-13-3-1-2-4-15(13)22(25)26/h1-8,11H,9H2,(H,20,23)(H,21,24)/b19-11+. The summed E-state index contributed by atoms with van der Waals surface area (Å²) >= 11 is 0. The predicted octanol–water partition coefficient (Wildman–Crippen LogP) is 1.75. The number of para-hydroxylation sites is 1. The summed E-state index contributed by atoms with van der Waals surface area (Å²) in [7, 11) is 0. The number of anilines is 1. The smallest absolute Gasteiger partial charge is 0.318 e. The van der Waals surface area contributed by atoms with Gasteiger partial charge in [-0.25, -0.2) is 5.43 Å². The van der Waals surface area contributed by atoms with Crippen molar-refractivity contribution in [2.75, 3.05) is 5.32 Å². The van der Waals surface area contributed by atoms with Crippen LogP contribution in [-0.4, -0.2) is 23.0 Å². The predicted molar refractivity (Wildman–Crippen MR) is 93.2 cm³/mol. The average molecular weight is 351 g/mol. The fourth-order valence-corrected chi connectivity index (χ4v) is 1.96. The van der Waals surface area contributed by atoms with Gasteiger partial charge in [-0.2, -0.15) is 10.4 Å². The molecule has 0 fully saturated rings. The number of nitrogens with one attached hydrogen (secondary N) is 2. The Bertz CT molecular complexity index is 900. The van der Waals surface area contributed by atoms with Crippen LogP contribution in [0.5, 0.6) is 0 Å². The Balaban J connectivity index is 1.94. The van der Waals surface area contributed by atoms with Crippen molar-refractivity contribution >= 4 is 29.4 Å². The Morgan fingerprint density at radius 2 is 1.85 bits per heavy atom. The van der Waals surface area contributed by atoms with Crippen molar-refractivity contribution in [3.63, 3.8) is 0 Å². The second kappa shape index (κ2) is 8.70. The highest BCUT2D eigenvalue weighted by atomic mass is 16.6. The van der Waals surface area contributed by atoms with Crippen molar-refractivity contribution in [1.29, 1.82) is 5.26 Å². The first kappa shape index (κ1) is 18.3. The van der Waals surface area contributed by atoms with Gasteiger partial charge in [0.1, 0.15) is 0 Å². The highest BCUT2D eigenvalue weighted by Gasteiger charge is 2.14. The van der Waals surface area contributed by atoms with E-state index in [-0.39, 0.29) is 17.7 Å². The summed E-state index contributed by atoms with van der Waals surface area (Å²) in [6, 6.07) is 14.3. The number of hydrazone groups is 1. The second-order valence-electron chi connectivity index (χ2n) is 5.00. The van der Waals surface area contributed by atoms with Crippen LogP contribution >= 0.6 is 0 Å². The largest absolute Gasteiger partial charge is 0.329 e. The van der Waals surface area contributed by atoms with Crippen LogP contribution in [-0.2, 0) is 16.0 Å². The molecule has 0 aliphatic heterocycles. The van der Waals surface area contributed by atoms with Crippen molar-refractivity contribution < 1.29 is 14.5 Å². The first-order valence-electron chi connectivity index (χ1n) is 7.35. The van der Waals surface area contributed by atoms with Gasteiger partial charge in [0.15, 0.2) is 0 Å². The van der Waals surface area contributed by atoms with E-state index < -0.39 is 16.7 Å². The van der Waals surface area contributed by atoms with Gasteiger partial charge in [-0.1, -0.05) is 24.3 Å². The maximum absolute atomic E-state index is 11.8. The summed E-state index contributed by atoms with van der Waals surface area (Å²) in [5.74, 6) is -1.97. The van der Waals surface area contributed by atoms with E-state index in [4.69, 9.17) is 5.26 Å². The summed E-state index contributed by atoms with van der Waals surface area (Å²) in [6.07, 6.45) is 1.33. The molecular formula is C17H13N5O4. The number of nitro groups is 1. The molecule has 0 saturated heterocycles. The van der Waals surface area contributed by atoms with Crippen LogP contribution in [0.1, 0.15) is 11.1 Å². The minimum absolute atomic E-state index is 0.174. The molecule has 0 atom stereocenters. The summed E-state index contributed by atoms with van der Waals surface area (Å²) in [5, 5.41) is 25.4. The lowest BCUT2D eigenvalue weighted by atomic mass is 10.1. The molecule has 2 rings (SSSR count). The molecule has 0 aliphatic carbocycles. The molecule has 9 nitrogen and oxygen atoms in total. The molecular weight excluding hydrogens is 338 g/mol. The lowest BCUT2D eigenvalue weighted by Gasteiger charge is -2.04. The van der Waals surface area contributed by atoms with E-state index in [0.717, 1.165) is 11.8 Å². The van der Waals surface area contributed by atoms with Crippen LogP contribution in [0.2, 0.25) is 0 Å². The molecule has 130 valence electrons. The number of hydrogen-bond acceptors (Lipinski definition) is 6. The average Bonchev–Trinajstić information content (AvgIpc) is 2.63. The zero-order valence-electron chi connectivity index (χ0n) is 13.4. The van der Waals surface area contributed by atoms with Gasteiger partial charge in [-0.05, 0) is 23.8 Å². The Morgan fingerprint density at radius 3 is 2.50 bits per heavy atom. The van der Waals surface area contributed by atoms with Crippen molar-refractivity contribution in [3.8, 4) is 6.07 Å². The molecule has 0 heterocycles. The number of nitriles is 1. The lowest BCUT2D eigenvalue weighted by Crippen LogP contribution is -2.32. The van der Waals surface area contributed by atoms with Gasteiger partial charge in [0.05, 0.1) is 29.2 Å². The minimum atomic E-state index is -1.03. The van der Waals surface area contributed by atoms with Gasteiger partial charge in [0.25, 0.3) is 5.69 Å². The summed E-state index contributed by atoms with van der Waals surface area (Å²) < 4.78 is 0. The molecule has 0 bridgehead atoms. The number of nitrogens with zero attached hydrogens (tertiary/aromatic N) is 3. The molecule has 2 aromatic carbocycles. The first-order valence-corrected chi connectivity index (χ1v) is 7.35. The Kier molecular flexibility index (Phi) is 6.12. The van der Waals surface area contributed by atoms with E-state index in [9.17, 15) is 19.7 Å². The molecule has 26 heavy (non-hydrogen) atoms. The molecule has 0 aliphatic rings. The fourth-order valence-electron chi connectivity index (χ4n) is 1.96. The normalized spacial score (nSPS) is 10.1. The summed E-state index contributed by atoms with van der Waals surface area (Å²) in [5.41, 5.74) is 3.18. The van der Waals surface area contributed by atoms with Gasteiger partial charge < -0.3 is 5.32 Å². The third kappa shape index (κ3) is 4.97. The van der Waals surface area contributed by atoms with Crippen LogP contribution in [0.3, 0.4) is 0 Å². The highest BCUT2D eigenvalue weighted by molar-refractivity contribution is 6.39. The van der Waals surface area contributed by atoms with Crippen molar-refractivity contribution in [3.05, 3.63) is 69.8 Å². The highest BCUT2D eigenvalue weighted by Crippen LogP contribution is 2.15. The van der Waals surface area contributed by atoms with E-state index in [2.05, 4.69) is 10.4 Å². The molecule has 9 heteroatoms. The van der Waals surface area contributed by atoms with E-state index in [1.165, 1.54) is 18.2 Å². The van der Waals surface area contributed by atoms with Crippen molar-refractivity contribution in [1.82, 2.24) is 5.43 Å². The van der Waals surface area contributed by atoms with E-state index in [1.807, 2.05) is 11.5 Å². The van der Waals surface area contributed by atoms with E-state index in [1.54, 1.807) is 30.3 Å². The molecule has 2 N–H and O–H groups in total. The SMILES string of the molecule is N#CCc1ccc(NC(=O)C(=O)N/N=C/c2ccccc2[N+](=O)[O-])cc1. The number of carbonyl (C=O) groups is 2. The van der Waals surface area contributed by atoms with Gasteiger partial charge in [0.2, 0.25) is 0 Å². The molecule has 0 radical (unpaired) electrons. The number of nitro benzene ring substituents is 1. The first-order chi connectivity index (χ1) is 12.5. The third-order valence-electron chi connectivity index (χ3n) is 3.20. The monoisotopic (exact) mass is 351 g/mol. The van der Waals surface area contributed by atoms with Gasteiger partial charge in [-0.15, -0.1) is 0 Å². The van der Waals surface area contributed by atoms with Crippen LogP contribution in [0.15, 0.2) is 53.6 Å². The van der Waals surface area contributed by atoms with Gasteiger partial charge in [0, 0.05) is 11.8 Å². The third-order valence-corrected chi connectivity index (χ3v) is 3.20. The van der Waals surface area contributed by atoms with Crippen LogP contribution in [0.25, 0.3) is 0 Å². The number of carbonyl (C=O) groups excluding carboxylic acids is 2. The number of amides is 2. The second-order valence-corrected chi connectivity index (χ2v) is 5.00. The number of hydrogen-bond donors (Lipinski definition) is 2. The summed E-state index contributed by atoms with van der Waals surface area (Å²) in [4.78, 5) is 33.8. The van der Waals surface area contributed by atoms with Crippen molar-refractivity contribution in [2.24, 2.45) is 5.10 Å². The zero-order valence-corrected chi connectivity index (χ0v) is 13.4. The quantitative estimate of drug-likeness (QED) is 0.366. The Hall–Kier alpha value is -4.06. The maximum Gasteiger partial charge on any atom is 0.329 e.